The van der Waals surface area contributed by atoms with E-state index >= 15 is 0 Å². The van der Waals surface area contributed by atoms with E-state index in [2.05, 4.69) is 10.6 Å². The molecule has 0 bridgehead atoms. The van der Waals surface area contributed by atoms with Crippen molar-refractivity contribution >= 4 is 22.4 Å². The van der Waals surface area contributed by atoms with E-state index in [-0.39, 0.29) is 5.91 Å². The van der Waals surface area contributed by atoms with Crippen LogP contribution in [0.2, 0.25) is 0 Å². The van der Waals surface area contributed by atoms with Crippen molar-refractivity contribution in [2.24, 2.45) is 0 Å². The van der Waals surface area contributed by atoms with E-state index in [1.807, 2.05) is 49.4 Å². The normalized spacial score (nSPS) is 10.4. The highest BCUT2D eigenvalue weighted by molar-refractivity contribution is 6.02. The van der Waals surface area contributed by atoms with Crippen molar-refractivity contribution in [2.75, 3.05) is 18.4 Å². The summed E-state index contributed by atoms with van der Waals surface area (Å²) in [5.74, 6) is -0.0109. The van der Waals surface area contributed by atoms with Crippen molar-refractivity contribution < 1.29 is 4.79 Å². The minimum atomic E-state index is -0.0109. The zero-order valence-corrected chi connectivity index (χ0v) is 9.86. The first-order chi connectivity index (χ1) is 8.31. The van der Waals surface area contributed by atoms with E-state index in [1.165, 1.54) is 0 Å². The molecule has 0 radical (unpaired) electrons. The van der Waals surface area contributed by atoms with Gasteiger partial charge in [-0.2, -0.15) is 0 Å². The number of carbonyl (C=O) groups excluding carboxylic acids is 1. The van der Waals surface area contributed by atoms with Gasteiger partial charge in [-0.1, -0.05) is 43.3 Å². The zero-order valence-electron chi connectivity index (χ0n) is 9.86. The van der Waals surface area contributed by atoms with E-state index in [4.69, 9.17) is 0 Å². The fraction of sp³-hybridized carbons (Fsp3) is 0.214. The van der Waals surface area contributed by atoms with Gasteiger partial charge in [0.2, 0.25) is 5.91 Å². The van der Waals surface area contributed by atoms with Crippen LogP contribution < -0.4 is 10.6 Å². The van der Waals surface area contributed by atoms with Gasteiger partial charge in [0.25, 0.3) is 0 Å². The number of nitrogens with one attached hydrogen (secondary N) is 2. The SMILES string of the molecule is CCNCC(=O)Nc1cccc2ccccc12. The third-order valence-electron chi connectivity index (χ3n) is 2.60. The Balaban J connectivity index is 2.21. The molecule has 0 atom stereocenters. The summed E-state index contributed by atoms with van der Waals surface area (Å²) in [5.41, 5.74) is 0.867. The molecule has 0 unspecified atom stereocenters. The molecule has 0 fully saturated rings. The molecule has 0 spiro atoms. The molecule has 0 heterocycles. The Labute approximate surface area is 101 Å². The number of hydrogen-bond donors (Lipinski definition) is 2. The molecule has 3 heteroatoms. The fourth-order valence-electron chi connectivity index (χ4n) is 1.77. The van der Waals surface area contributed by atoms with Gasteiger partial charge < -0.3 is 10.6 Å². The first kappa shape index (κ1) is 11.6. The largest absolute Gasteiger partial charge is 0.324 e. The molecule has 0 saturated heterocycles. The van der Waals surface area contributed by atoms with Crippen LogP contribution in [0.1, 0.15) is 6.92 Å². The lowest BCUT2D eigenvalue weighted by Crippen LogP contribution is -2.27. The quantitative estimate of drug-likeness (QED) is 0.843. The lowest BCUT2D eigenvalue weighted by molar-refractivity contribution is -0.115. The van der Waals surface area contributed by atoms with Crippen molar-refractivity contribution in [1.29, 1.82) is 0 Å². The number of likely N-dealkylation sites (N-methyl/N-ethyl adjacent to an activating group) is 1. The summed E-state index contributed by atoms with van der Waals surface area (Å²) in [6.45, 7) is 3.12. The standard InChI is InChI=1S/C14H16N2O/c1-2-15-10-14(17)16-13-9-5-7-11-6-3-4-8-12(11)13/h3-9,15H,2,10H2,1H3,(H,16,17). The summed E-state index contributed by atoms with van der Waals surface area (Å²) >= 11 is 0. The summed E-state index contributed by atoms with van der Waals surface area (Å²) in [4.78, 5) is 11.6. The number of carbonyl (C=O) groups is 1. The molecule has 2 rings (SSSR count). The first-order valence-electron chi connectivity index (χ1n) is 5.79. The van der Waals surface area contributed by atoms with E-state index in [0.717, 1.165) is 23.0 Å². The van der Waals surface area contributed by atoms with Gasteiger partial charge in [-0.15, -0.1) is 0 Å². The Bertz CT molecular complexity index is 517. The molecular formula is C14H16N2O. The smallest absolute Gasteiger partial charge is 0.238 e. The van der Waals surface area contributed by atoms with Gasteiger partial charge >= 0.3 is 0 Å². The first-order valence-corrected chi connectivity index (χ1v) is 5.79. The van der Waals surface area contributed by atoms with Gasteiger partial charge in [0.1, 0.15) is 0 Å². The molecule has 0 aromatic heterocycles. The van der Waals surface area contributed by atoms with Crippen LogP contribution in [0.5, 0.6) is 0 Å². The van der Waals surface area contributed by atoms with Crippen molar-refractivity contribution in [1.82, 2.24) is 5.32 Å². The molecule has 1 amide bonds. The summed E-state index contributed by atoms with van der Waals surface area (Å²) < 4.78 is 0. The van der Waals surface area contributed by atoms with Crippen LogP contribution in [0, 0.1) is 0 Å². The van der Waals surface area contributed by atoms with Crippen LogP contribution in [0.3, 0.4) is 0 Å². The summed E-state index contributed by atoms with van der Waals surface area (Å²) in [6, 6.07) is 13.9. The molecule has 0 saturated carbocycles. The topological polar surface area (TPSA) is 41.1 Å². The van der Waals surface area contributed by atoms with Gasteiger partial charge in [-0.05, 0) is 18.0 Å². The summed E-state index contributed by atoms with van der Waals surface area (Å²) in [6.07, 6.45) is 0. The highest BCUT2D eigenvalue weighted by Gasteiger charge is 2.04. The maximum atomic E-state index is 11.6. The van der Waals surface area contributed by atoms with Crippen molar-refractivity contribution in [3.63, 3.8) is 0 Å². The van der Waals surface area contributed by atoms with Crippen LogP contribution in [-0.4, -0.2) is 19.0 Å². The second kappa shape index (κ2) is 5.46. The maximum absolute atomic E-state index is 11.6. The number of fused-ring (bicyclic) bond motifs is 1. The predicted octanol–water partition coefficient (Wildman–Crippen LogP) is 2.39. The molecule has 17 heavy (non-hydrogen) atoms. The second-order valence-corrected chi connectivity index (χ2v) is 3.86. The highest BCUT2D eigenvalue weighted by atomic mass is 16.1. The lowest BCUT2D eigenvalue weighted by Gasteiger charge is -2.08. The van der Waals surface area contributed by atoms with Crippen molar-refractivity contribution in [2.45, 2.75) is 6.92 Å². The molecular weight excluding hydrogens is 212 g/mol. The molecule has 2 N–H and O–H groups in total. The summed E-state index contributed by atoms with van der Waals surface area (Å²) in [5, 5.41) is 8.12. The van der Waals surface area contributed by atoms with Gasteiger partial charge in [0.15, 0.2) is 0 Å². The Morgan fingerprint density at radius 2 is 1.88 bits per heavy atom. The zero-order chi connectivity index (χ0) is 12.1. The fourth-order valence-corrected chi connectivity index (χ4v) is 1.77. The van der Waals surface area contributed by atoms with Crippen LogP contribution in [0.15, 0.2) is 42.5 Å². The Hall–Kier alpha value is -1.87. The average Bonchev–Trinajstić information content (AvgIpc) is 2.37. The maximum Gasteiger partial charge on any atom is 0.238 e. The van der Waals surface area contributed by atoms with E-state index in [0.29, 0.717) is 6.54 Å². The van der Waals surface area contributed by atoms with Gasteiger partial charge in [-0.25, -0.2) is 0 Å². The van der Waals surface area contributed by atoms with Crippen molar-refractivity contribution in [3.8, 4) is 0 Å². The number of amides is 1. The van der Waals surface area contributed by atoms with Crippen LogP contribution in [0.4, 0.5) is 5.69 Å². The Morgan fingerprint density at radius 1 is 1.12 bits per heavy atom. The molecule has 88 valence electrons. The lowest BCUT2D eigenvalue weighted by atomic mass is 10.1. The Morgan fingerprint density at radius 3 is 2.71 bits per heavy atom. The van der Waals surface area contributed by atoms with Gasteiger partial charge in [0.05, 0.1) is 6.54 Å². The third kappa shape index (κ3) is 2.82. The molecule has 0 aliphatic carbocycles. The van der Waals surface area contributed by atoms with Crippen LogP contribution >= 0.6 is 0 Å². The number of anilines is 1. The van der Waals surface area contributed by atoms with E-state index < -0.39 is 0 Å². The van der Waals surface area contributed by atoms with Gasteiger partial charge in [0, 0.05) is 11.1 Å². The summed E-state index contributed by atoms with van der Waals surface area (Å²) in [7, 11) is 0. The molecule has 3 nitrogen and oxygen atoms in total. The van der Waals surface area contributed by atoms with Crippen LogP contribution in [0.25, 0.3) is 10.8 Å². The molecule has 2 aromatic carbocycles. The number of hydrogen-bond acceptors (Lipinski definition) is 2. The van der Waals surface area contributed by atoms with Gasteiger partial charge in [-0.3, -0.25) is 4.79 Å². The molecule has 0 aliphatic rings. The minimum absolute atomic E-state index is 0.0109. The minimum Gasteiger partial charge on any atom is -0.324 e. The highest BCUT2D eigenvalue weighted by Crippen LogP contribution is 2.22. The molecule has 0 aliphatic heterocycles. The van der Waals surface area contributed by atoms with Crippen molar-refractivity contribution in [3.05, 3.63) is 42.5 Å². The number of benzene rings is 2. The average molecular weight is 228 g/mol. The van der Waals surface area contributed by atoms with Crippen LogP contribution in [-0.2, 0) is 4.79 Å². The monoisotopic (exact) mass is 228 g/mol. The third-order valence-corrected chi connectivity index (χ3v) is 2.60. The van der Waals surface area contributed by atoms with E-state index in [9.17, 15) is 4.79 Å². The predicted molar refractivity (Wildman–Crippen MR) is 71.1 cm³/mol. The van der Waals surface area contributed by atoms with E-state index in [1.54, 1.807) is 0 Å². The second-order valence-electron chi connectivity index (χ2n) is 3.86. The number of rotatable bonds is 4. The Kier molecular flexibility index (Phi) is 3.73. The molecule has 2 aromatic rings.